The minimum Gasteiger partial charge on any atom is -0.514 e. The summed E-state index contributed by atoms with van der Waals surface area (Å²) in [6.45, 7) is 5.75. The topological polar surface area (TPSA) is 18.5 Å². The number of unbranched alkanes of at least 4 members (excludes halogenated alkanes) is 6. The molecule has 120 valence electrons. The maximum atomic E-state index is 4.93. The van der Waals surface area contributed by atoms with Gasteiger partial charge in [0.2, 0.25) is 0 Å². The van der Waals surface area contributed by atoms with E-state index in [1.165, 1.54) is 38.5 Å². The Hall–Kier alpha value is 0.843. The third-order valence-electron chi connectivity index (χ3n) is 2.44. The molecule has 0 rings (SSSR count). The fraction of sp³-hybridized carbons (Fsp3) is 0.857. The molecule has 0 spiro atoms. The van der Waals surface area contributed by atoms with Crippen molar-refractivity contribution in [2.45, 2.75) is 65.2 Å². The molecule has 2 nitrogen and oxygen atoms in total. The first-order chi connectivity index (χ1) is 9.54. The van der Waals surface area contributed by atoms with Gasteiger partial charge in [-0.05, 0) is 12.8 Å². The summed E-state index contributed by atoms with van der Waals surface area (Å²) in [4.78, 5) is 0. The van der Waals surface area contributed by atoms with E-state index < -0.39 is 0 Å². The number of rotatable bonds is 10. The van der Waals surface area contributed by atoms with Crippen LogP contribution in [0.1, 0.15) is 65.2 Å². The Bertz CT molecular complexity index is 217. The fourth-order valence-corrected chi connectivity index (χ4v) is 1.70. The van der Waals surface area contributed by atoms with Crippen LogP contribution in [-0.4, -0.2) is 22.0 Å². The summed E-state index contributed by atoms with van der Waals surface area (Å²) >= 11 is 18.3. The van der Waals surface area contributed by atoms with Crippen molar-refractivity contribution in [3.05, 3.63) is 0 Å². The molecular formula is C14H26O2S4Zn. The van der Waals surface area contributed by atoms with E-state index in [2.05, 4.69) is 63.5 Å². The van der Waals surface area contributed by atoms with Gasteiger partial charge in [-0.25, -0.2) is 0 Å². The minimum atomic E-state index is 0. The van der Waals surface area contributed by atoms with Gasteiger partial charge in [0.05, 0.1) is 13.2 Å². The first kappa shape index (κ1) is 26.7. The van der Waals surface area contributed by atoms with Gasteiger partial charge in [0.1, 0.15) is 0 Å². The second-order valence-electron chi connectivity index (χ2n) is 4.32. The van der Waals surface area contributed by atoms with Gasteiger partial charge >= 0.3 is 19.5 Å². The van der Waals surface area contributed by atoms with Crippen molar-refractivity contribution < 1.29 is 29.0 Å². The van der Waals surface area contributed by atoms with Crippen LogP contribution in [0.5, 0.6) is 0 Å². The molecule has 0 aromatic carbocycles. The Morgan fingerprint density at radius 3 is 1.29 bits per heavy atom. The van der Waals surface area contributed by atoms with Crippen molar-refractivity contribution in [1.29, 1.82) is 0 Å². The van der Waals surface area contributed by atoms with Crippen molar-refractivity contribution >= 4 is 58.5 Å². The summed E-state index contributed by atoms with van der Waals surface area (Å²) in [6.07, 6.45) is 9.62. The standard InChI is InChI=1S/2C7H14OS2.Zn/c2*1-2-3-4-5-6-8-7(9)10;/h2*2-6H2,1H3,(H,9,10);/q;;+2/p-2. The molecule has 21 heavy (non-hydrogen) atoms. The Balaban J connectivity index is -0.000000295. The minimum absolute atomic E-state index is 0. The molecule has 0 aromatic heterocycles. The fourth-order valence-electron chi connectivity index (χ4n) is 1.37. The Morgan fingerprint density at radius 1 is 0.714 bits per heavy atom. The van der Waals surface area contributed by atoms with Gasteiger partial charge in [0.15, 0.2) is 0 Å². The predicted molar refractivity (Wildman–Crippen MR) is 100 cm³/mol. The molecule has 0 unspecified atom stereocenters. The monoisotopic (exact) mass is 418 g/mol. The molecule has 0 saturated carbocycles. The van der Waals surface area contributed by atoms with E-state index in [-0.39, 0.29) is 28.2 Å². The molecule has 0 aliphatic heterocycles. The molecule has 0 aliphatic carbocycles. The summed E-state index contributed by atoms with van der Waals surface area (Å²) in [5.74, 6) is 0. The van der Waals surface area contributed by atoms with Gasteiger partial charge in [0, 0.05) is 8.77 Å². The van der Waals surface area contributed by atoms with Crippen molar-refractivity contribution in [3.63, 3.8) is 0 Å². The van der Waals surface area contributed by atoms with E-state index in [0.717, 1.165) is 12.8 Å². The van der Waals surface area contributed by atoms with Crippen LogP contribution in [0.2, 0.25) is 0 Å². The molecule has 0 amide bonds. The van der Waals surface area contributed by atoms with Gasteiger partial charge in [-0.3, -0.25) is 0 Å². The number of thiocarbonyl (C=S) groups is 2. The Labute approximate surface area is 165 Å². The largest absolute Gasteiger partial charge is 2.00 e. The molecule has 0 atom stereocenters. The van der Waals surface area contributed by atoms with Crippen molar-refractivity contribution in [1.82, 2.24) is 0 Å². The molecule has 0 bridgehead atoms. The molecule has 0 heterocycles. The van der Waals surface area contributed by atoms with Crippen LogP contribution in [0.25, 0.3) is 0 Å². The summed E-state index contributed by atoms with van der Waals surface area (Å²) in [7, 11) is 0. The predicted octanol–water partition coefficient (Wildman–Crippen LogP) is 4.83. The molecule has 7 heteroatoms. The SMILES string of the molecule is CCCCCCOC(=S)[S-].CCCCCCOC(=S)[S-].[Zn+2]. The third-order valence-corrected chi connectivity index (χ3v) is 2.91. The van der Waals surface area contributed by atoms with E-state index in [4.69, 9.17) is 9.47 Å². The quantitative estimate of drug-likeness (QED) is 0.217. The van der Waals surface area contributed by atoms with E-state index in [0.29, 0.717) is 13.2 Å². The van der Waals surface area contributed by atoms with Gasteiger partial charge in [0.25, 0.3) is 0 Å². The Kier molecular flexibility index (Phi) is 29.4. The van der Waals surface area contributed by atoms with Crippen LogP contribution in [-0.2, 0) is 54.2 Å². The summed E-state index contributed by atoms with van der Waals surface area (Å²) < 4.78 is 10.4. The Morgan fingerprint density at radius 2 is 1.05 bits per heavy atom. The molecule has 0 radical (unpaired) electrons. The van der Waals surface area contributed by atoms with E-state index in [1.54, 1.807) is 0 Å². The zero-order valence-electron chi connectivity index (χ0n) is 13.2. The van der Waals surface area contributed by atoms with Gasteiger partial charge in [-0.1, -0.05) is 52.4 Å². The van der Waals surface area contributed by atoms with Crippen molar-refractivity contribution in [2.24, 2.45) is 0 Å². The number of hydrogen-bond acceptors (Lipinski definition) is 6. The molecule has 0 saturated heterocycles. The average Bonchev–Trinajstić information content (AvgIpc) is 2.38. The smallest absolute Gasteiger partial charge is 0.514 e. The molecule has 0 fully saturated rings. The number of hydrogen-bond donors (Lipinski definition) is 0. The second-order valence-corrected chi connectivity index (χ2v) is 6.32. The summed E-state index contributed by atoms with van der Waals surface area (Å²) in [6, 6.07) is 0. The van der Waals surface area contributed by atoms with E-state index >= 15 is 0 Å². The molecule has 0 N–H and O–H groups in total. The maximum absolute atomic E-state index is 4.93. The van der Waals surface area contributed by atoms with Crippen LogP contribution in [0.4, 0.5) is 0 Å². The third kappa shape index (κ3) is 33.6. The van der Waals surface area contributed by atoms with Crippen LogP contribution < -0.4 is 0 Å². The van der Waals surface area contributed by atoms with Crippen molar-refractivity contribution in [2.75, 3.05) is 13.2 Å². The normalized spacial score (nSPS) is 8.86. The first-order valence-electron chi connectivity index (χ1n) is 7.22. The van der Waals surface area contributed by atoms with Gasteiger partial charge < -0.3 is 59.2 Å². The molecule has 0 aromatic rings. The summed E-state index contributed by atoms with van der Waals surface area (Å²) in [5.41, 5.74) is 0. The maximum Gasteiger partial charge on any atom is 2.00 e. The number of ether oxygens (including phenoxy) is 2. The zero-order chi connectivity index (χ0) is 15.6. The molecular weight excluding hydrogens is 394 g/mol. The van der Waals surface area contributed by atoms with Crippen molar-refractivity contribution in [3.8, 4) is 0 Å². The second kappa shape index (κ2) is 23.1. The van der Waals surface area contributed by atoms with Crippen LogP contribution in [0, 0.1) is 0 Å². The summed E-state index contributed by atoms with van der Waals surface area (Å²) in [5, 5.41) is 0. The van der Waals surface area contributed by atoms with Crippen LogP contribution in [0.15, 0.2) is 0 Å². The van der Waals surface area contributed by atoms with Crippen LogP contribution in [0.3, 0.4) is 0 Å². The average molecular weight is 420 g/mol. The van der Waals surface area contributed by atoms with Gasteiger partial charge in [-0.15, -0.1) is 0 Å². The van der Waals surface area contributed by atoms with E-state index in [9.17, 15) is 0 Å². The zero-order valence-corrected chi connectivity index (χ0v) is 19.5. The molecule has 0 aliphatic rings. The van der Waals surface area contributed by atoms with Crippen LogP contribution >= 0.6 is 24.4 Å². The van der Waals surface area contributed by atoms with E-state index in [1.807, 2.05) is 0 Å². The first-order valence-corrected chi connectivity index (χ1v) is 8.85. The van der Waals surface area contributed by atoms with Gasteiger partial charge in [-0.2, -0.15) is 0 Å².